The van der Waals surface area contributed by atoms with Crippen molar-refractivity contribution in [2.75, 3.05) is 6.54 Å². The second-order valence-electron chi connectivity index (χ2n) is 3.99. The molecule has 6 nitrogen and oxygen atoms in total. The molecule has 2 unspecified atom stereocenters. The number of carboxylic acids is 1. The number of nitrogens with zero attached hydrogens (tertiary/aromatic N) is 1. The SMILES string of the molecule is Cc1cnc(C(C)NCC(C)(O)C(=O)O)o1. The van der Waals surface area contributed by atoms with Gasteiger partial charge in [0, 0.05) is 6.54 Å². The van der Waals surface area contributed by atoms with Crippen molar-refractivity contribution in [1.82, 2.24) is 10.3 Å². The van der Waals surface area contributed by atoms with Crippen LogP contribution in [0.15, 0.2) is 10.6 Å². The Labute approximate surface area is 93.3 Å². The highest BCUT2D eigenvalue weighted by Gasteiger charge is 2.30. The number of hydrogen-bond donors (Lipinski definition) is 3. The molecule has 3 N–H and O–H groups in total. The van der Waals surface area contributed by atoms with Gasteiger partial charge in [0.25, 0.3) is 0 Å². The van der Waals surface area contributed by atoms with Crippen molar-refractivity contribution in [3.05, 3.63) is 17.8 Å². The fourth-order valence-corrected chi connectivity index (χ4v) is 1.09. The van der Waals surface area contributed by atoms with Crippen molar-refractivity contribution in [3.63, 3.8) is 0 Å². The number of aliphatic carboxylic acids is 1. The van der Waals surface area contributed by atoms with Crippen LogP contribution in [0.4, 0.5) is 0 Å². The molecule has 0 saturated carbocycles. The fraction of sp³-hybridized carbons (Fsp3) is 0.600. The number of aliphatic hydroxyl groups is 1. The van der Waals surface area contributed by atoms with E-state index in [-0.39, 0.29) is 12.6 Å². The molecule has 0 aliphatic heterocycles. The Balaban J connectivity index is 2.53. The summed E-state index contributed by atoms with van der Waals surface area (Å²) in [6.45, 7) is 4.71. The average Bonchev–Trinajstić information content (AvgIpc) is 2.61. The van der Waals surface area contributed by atoms with Crippen molar-refractivity contribution in [3.8, 4) is 0 Å². The van der Waals surface area contributed by atoms with E-state index in [1.165, 1.54) is 6.92 Å². The molecule has 0 aliphatic carbocycles. The first kappa shape index (κ1) is 12.7. The Bertz CT molecular complexity index is 373. The second kappa shape index (κ2) is 4.63. The van der Waals surface area contributed by atoms with Crippen LogP contribution < -0.4 is 5.32 Å². The third kappa shape index (κ3) is 3.04. The maximum atomic E-state index is 10.6. The van der Waals surface area contributed by atoms with Crippen molar-refractivity contribution < 1.29 is 19.4 Å². The lowest BCUT2D eigenvalue weighted by atomic mass is 10.1. The number of aromatic nitrogens is 1. The van der Waals surface area contributed by atoms with E-state index in [9.17, 15) is 9.90 Å². The van der Waals surface area contributed by atoms with Gasteiger partial charge in [-0.1, -0.05) is 0 Å². The molecule has 1 aromatic rings. The summed E-state index contributed by atoms with van der Waals surface area (Å²) >= 11 is 0. The second-order valence-corrected chi connectivity index (χ2v) is 3.99. The van der Waals surface area contributed by atoms with Crippen LogP contribution in [0.5, 0.6) is 0 Å². The van der Waals surface area contributed by atoms with E-state index in [0.717, 1.165) is 0 Å². The molecule has 2 atom stereocenters. The summed E-state index contributed by atoms with van der Waals surface area (Å²) in [6, 6.07) is -0.250. The van der Waals surface area contributed by atoms with E-state index < -0.39 is 11.6 Å². The minimum atomic E-state index is -1.80. The van der Waals surface area contributed by atoms with Crippen LogP contribution in [0.3, 0.4) is 0 Å². The number of carbonyl (C=O) groups is 1. The summed E-state index contributed by atoms with van der Waals surface area (Å²) in [6.07, 6.45) is 1.59. The summed E-state index contributed by atoms with van der Waals surface area (Å²) < 4.78 is 5.27. The molecule has 0 spiro atoms. The molecule has 0 radical (unpaired) electrons. The minimum absolute atomic E-state index is 0.0784. The Morgan fingerprint density at radius 2 is 2.38 bits per heavy atom. The lowest BCUT2D eigenvalue weighted by molar-refractivity contribution is -0.156. The zero-order valence-electron chi connectivity index (χ0n) is 9.52. The first-order valence-corrected chi connectivity index (χ1v) is 4.94. The van der Waals surface area contributed by atoms with Crippen LogP contribution in [0.25, 0.3) is 0 Å². The molecule has 0 bridgehead atoms. The molecule has 0 amide bonds. The lowest BCUT2D eigenvalue weighted by Crippen LogP contribution is -2.45. The largest absolute Gasteiger partial charge is 0.479 e. The number of nitrogens with one attached hydrogen (secondary N) is 1. The lowest BCUT2D eigenvalue weighted by Gasteiger charge is -2.20. The summed E-state index contributed by atoms with van der Waals surface area (Å²) in [5.74, 6) is -0.108. The standard InChI is InChI=1S/C10H16N2O4/c1-6-4-11-8(16-6)7(2)12-5-10(3,15)9(13)14/h4,7,12,15H,5H2,1-3H3,(H,13,14). The molecular formula is C10H16N2O4. The number of oxazole rings is 1. The van der Waals surface area contributed by atoms with Gasteiger partial charge in [0.1, 0.15) is 5.76 Å². The molecule has 0 saturated heterocycles. The topological polar surface area (TPSA) is 95.6 Å². The highest BCUT2D eigenvalue weighted by molar-refractivity contribution is 5.76. The third-order valence-electron chi connectivity index (χ3n) is 2.22. The van der Waals surface area contributed by atoms with Gasteiger partial charge in [0.05, 0.1) is 12.2 Å². The first-order valence-electron chi connectivity index (χ1n) is 4.94. The van der Waals surface area contributed by atoms with Gasteiger partial charge in [-0.25, -0.2) is 9.78 Å². The van der Waals surface area contributed by atoms with Gasteiger partial charge in [-0.3, -0.25) is 0 Å². The highest BCUT2D eigenvalue weighted by Crippen LogP contribution is 2.13. The maximum absolute atomic E-state index is 10.6. The molecule has 0 aromatic carbocycles. The number of rotatable bonds is 5. The van der Waals surface area contributed by atoms with E-state index >= 15 is 0 Å². The van der Waals surface area contributed by atoms with Crippen molar-refractivity contribution in [2.45, 2.75) is 32.4 Å². The van der Waals surface area contributed by atoms with Crippen LogP contribution in [-0.4, -0.2) is 33.3 Å². The predicted octanol–water partition coefficient (Wildman–Crippen LogP) is 0.469. The Morgan fingerprint density at radius 3 is 2.81 bits per heavy atom. The minimum Gasteiger partial charge on any atom is -0.479 e. The van der Waals surface area contributed by atoms with Crippen LogP contribution in [0.1, 0.15) is 31.5 Å². The first-order chi connectivity index (χ1) is 7.33. The normalized spacial score (nSPS) is 16.8. The van der Waals surface area contributed by atoms with Crippen molar-refractivity contribution in [2.24, 2.45) is 0 Å². The Hall–Kier alpha value is -1.40. The predicted molar refractivity (Wildman–Crippen MR) is 55.9 cm³/mol. The van der Waals surface area contributed by atoms with E-state index in [1.807, 2.05) is 0 Å². The van der Waals surface area contributed by atoms with Gasteiger partial charge in [-0.2, -0.15) is 0 Å². The molecule has 0 fully saturated rings. The molecule has 90 valence electrons. The van der Waals surface area contributed by atoms with Gasteiger partial charge in [0.15, 0.2) is 5.60 Å². The van der Waals surface area contributed by atoms with Gasteiger partial charge in [0.2, 0.25) is 5.89 Å². The van der Waals surface area contributed by atoms with E-state index in [4.69, 9.17) is 9.52 Å². The van der Waals surface area contributed by atoms with Crippen molar-refractivity contribution >= 4 is 5.97 Å². The number of carboxylic acid groups (broad SMARTS) is 1. The van der Waals surface area contributed by atoms with Crippen LogP contribution in [0, 0.1) is 6.92 Å². The molecule has 0 aliphatic rings. The van der Waals surface area contributed by atoms with E-state index in [2.05, 4.69) is 10.3 Å². The maximum Gasteiger partial charge on any atom is 0.336 e. The van der Waals surface area contributed by atoms with Crippen LogP contribution in [-0.2, 0) is 4.79 Å². The number of hydrogen-bond acceptors (Lipinski definition) is 5. The van der Waals surface area contributed by atoms with E-state index in [1.54, 1.807) is 20.0 Å². The van der Waals surface area contributed by atoms with Crippen LogP contribution >= 0.6 is 0 Å². The zero-order valence-corrected chi connectivity index (χ0v) is 9.52. The summed E-state index contributed by atoms with van der Waals surface area (Å²) in [7, 11) is 0. The molecule has 1 aromatic heterocycles. The van der Waals surface area contributed by atoms with Gasteiger partial charge < -0.3 is 19.9 Å². The highest BCUT2D eigenvalue weighted by atomic mass is 16.4. The molecule has 1 heterocycles. The molecule has 6 heteroatoms. The Morgan fingerprint density at radius 1 is 1.75 bits per heavy atom. The fourth-order valence-electron chi connectivity index (χ4n) is 1.09. The molecule has 16 heavy (non-hydrogen) atoms. The zero-order chi connectivity index (χ0) is 12.3. The van der Waals surface area contributed by atoms with Gasteiger partial charge in [-0.15, -0.1) is 0 Å². The van der Waals surface area contributed by atoms with Gasteiger partial charge in [-0.05, 0) is 20.8 Å². The quantitative estimate of drug-likeness (QED) is 0.678. The number of aryl methyl sites for hydroxylation is 1. The summed E-state index contributed by atoms with van der Waals surface area (Å²) in [4.78, 5) is 14.6. The molecular weight excluding hydrogens is 212 g/mol. The van der Waals surface area contributed by atoms with Crippen molar-refractivity contribution in [1.29, 1.82) is 0 Å². The van der Waals surface area contributed by atoms with Crippen LogP contribution in [0.2, 0.25) is 0 Å². The third-order valence-corrected chi connectivity index (χ3v) is 2.22. The summed E-state index contributed by atoms with van der Waals surface area (Å²) in [5.41, 5.74) is -1.80. The smallest absolute Gasteiger partial charge is 0.336 e. The average molecular weight is 228 g/mol. The summed E-state index contributed by atoms with van der Waals surface area (Å²) in [5, 5.41) is 21.0. The van der Waals surface area contributed by atoms with E-state index in [0.29, 0.717) is 11.7 Å². The Kier molecular flexibility index (Phi) is 3.66. The molecule has 1 rings (SSSR count). The van der Waals surface area contributed by atoms with Gasteiger partial charge >= 0.3 is 5.97 Å². The monoisotopic (exact) mass is 228 g/mol.